The minimum absolute atomic E-state index is 0.109. The lowest BCUT2D eigenvalue weighted by Crippen LogP contribution is -2.26. The van der Waals surface area contributed by atoms with Crippen LogP contribution in [0, 0.1) is 11.6 Å². The molecule has 0 radical (unpaired) electrons. The van der Waals surface area contributed by atoms with E-state index in [-0.39, 0.29) is 6.54 Å². The van der Waals surface area contributed by atoms with Gasteiger partial charge in [0.1, 0.15) is 17.2 Å². The van der Waals surface area contributed by atoms with Crippen molar-refractivity contribution in [2.24, 2.45) is 0 Å². The number of nitrogens with zero attached hydrogens (tertiary/aromatic N) is 4. The number of nitrogens with one attached hydrogen (secondary N) is 1. The molecule has 0 atom stereocenters. The van der Waals surface area contributed by atoms with Crippen LogP contribution < -0.4 is 5.32 Å². The van der Waals surface area contributed by atoms with Gasteiger partial charge in [0.2, 0.25) is 0 Å². The number of benzene rings is 2. The number of carbonyl (C=O) groups is 1. The average molecular weight is 350 g/mol. The molecule has 1 heterocycles. The van der Waals surface area contributed by atoms with Gasteiger partial charge in [0, 0.05) is 5.02 Å². The topological polar surface area (TPSA) is 72.7 Å². The number of halogens is 3. The zero-order valence-corrected chi connectivity index (χ0v) is 12.8. The highest BCUT2D eigenvalue weighted by Crippen LogP contribution is 2.14. The van der Waals surface area contributed by atoms with E-state index < -0.39 is 23.1 Å². The summed E-state index contributed by atoms with van der Waals surface area (Å²) in [7, 11) is 0. The summed E-state index contributed by atoms with van der Waals surface area (Å²) in [4.78, 5) is 12.0. The highest BCUT2D eigenvalue weighted by Gasteiger charge is 2.18. The Bertz CT molecular complexity index is 862. The SMILES string of the molecule is O=C(NCc1nnnn1-c1ccc(Cl)cc1)c1c(F)cccc1F. The first-order valence-corrected chi connectivity index (χ1v) is 7.19. The Morgan fingerprint density at radius 3 is 2.46 bits per heavy atom. The average Bonchev–Trinajstić information content (AvgIpc) is 3.02. The second-order valence-corrected chi connectivity index (χ2v) is 5.20. The molecule has 9 heteroatoms. The van der Waals surface area contributed by atoms with Gasteiger partial charge in [0.15, 0.2) is 5.82 Å². The number of hydrogen-bond acceptors (Lipinski definition) is 4. The molecular weight excluding hydrogens is 340 g/mol. The molecule has 1 aromatic heterocycles. The zero-order valence-electron chi connectivity index (χ0n) is 12.1. The molecule has 1 amide bonds. The number of aromatic nitrogens is 4. The first kappa shape index (κ1) is 16.0. The van der Waals surface area contributed by atoms with Crippen LogP contribution in [0.3, 0.4) is 0 Å². The normalized spacial score (nSPS) is 10.6. The number of hydrogen-bond donors (Lipinski definition) is 1. The Labute approximate surface area is 140 Å². The van der Waals surface area contributed by atoms with Crippen LogP contribution in [-0.2, 0) is 6.54 Å². The molecule has 0 aliphatic heterocycles. The van der Waals surface area contributed by atoms with Gasteiger partial charge in [-0.15, -0.1) is 5.10 Å². The van der Waals surface area contributed by atoms with Crippen molar-refractivity contribution >= 4 is 17.5 Å². The minimum Gasteiger partial charge on any atom is -0.344 e. The van der Waals surface area contributed by atoms with Crippen LogP contribution in [0.25, 0.3) is 5.69 Å². The summed E-state index contributed by atoms with van der Waals surface area (Å²) >= 11 is 5.82. The fourth-order valence-electron chi connectivity index (χ4n) is 2.06. The predicted octanol–water partition coefficient (Wildman–Crippen LogP) is 2.52. The van der Waals surface area contributed by atoms with Crippen molar-refractivity contribution in [1.82, 2.24) is 25.5 Å². The molecule has 2 aromatic carbocycles. The summed E-state index contributed by atoms with van der Waals surface area (Å²) in [6.07, 6.45) is 0. The zero-order chi connectivity index (χ0) is 17.1. The third-order valence-corrected chi connectivity index (χ3v) is 3.45. The van der Waals surface area contributed by atoms with E-state index in [1.54, 1.807) is 24.3 Å². The lowest BCUT2D eigenvalue weighted by atomic mass is 10.2. The molecule has 24 heavy (non-hydrogen) atoms. The maximum atomic E-state index is 13.6. The monoisotopic (exact) mass is 349 g/mol. The summed E-state index contributed by atoms with van der Waals surface area (Å²) in [5.74, 6) is -2.48. The van der Waals surface area contributed by atoms with Crippen molar-refractivity contribution in [1.29, 1.82) is 0 Å². The molecule has 122 valence electrons. The molecule has 0 bridgehead atoms. The maximum absolute atomic E-state index is 13.6. The van der Waals surface area contributed by atoms with E-state index in [0.29, 0.717) is 16.5 Å². The third kappa shape index (κ3) is 3.23. The Kier molecular flexibility index (Phi) is 4.48. The van der Waals surface area contributed by atoms with Gasteiger partial charge in [-0.25, -0.2) is 8.78 Å². The van der Waals surface area contributed by atoms with Crippen LogP contribution in [0.2, 0.25) is 5.02 Å². The molecule has 6 nitrogen and oxygen atoms in total. The van der Waals surface area contributed by atoms with Crippen molar-refractivity contribution in [3.05, 3.63) is 70.5 Å². The first-order chi connectivity index (χ1) is 11.6. The molecule has 0 saturated heterocycles. The second-order valence-electron chi connectivity index (χ2n) is 4.76. The lowest BCUT2D eigenvalue weighted by Gasteiger charge is -2.07. The van der Waals surface area contributed by atoms with E-state index in [9.17, 15) is 13.6 Å². The molecule has 0 aliphatic rings. The second kappa shape index (κ2) is 6.71. The largest absolute Gasteiger partial charge is 0.344 e. The first-order valence-electron chi connectivity index (χ1n) is 6.81. The van der Waals surface area contributed by atoms with Crippen LogP contribution in [0.15, 0.2) is 42.5 Å². The van der Waals surface area contributed by atoms with Crippen LogP contribution in [-0.4, -0.2) is 26.1 Å². The van der Waals surface area contributed by atoms with Gasteiger partial charge in [-0.2, -0.15) is 4.68 Å². The fourth-order valence-corrected chi connectivity index (χ4v) is 2.19. The summed E-state index contributed by atoms with van der Waals surface area (Å²) in [6.45, 7) is -0.109. The van der Waals surface area contributed by atoms with Crippen molar-refractivity contribution in [2.45, 2.75) is 6.54 Å². The smallest absolute Gasteiger partial charge is 0.257 e. The van der Waals surface area contributed by atoms with Crippen LogP contribution >= 0.6 is 11.6 Å². The molecule has 0 saturated carbocycles. The van der Waals surface area contributed by atoms with Crippen molar-refractivity contribution in [2.75, 3.05) is 0 Å². The Balaban J connectivity index is 1.77. The molecule has 0 aliphatic carbocycles. The van der Waals surface area contributed by atoms with Gasteiger partial charge < -0.3 is 5.32 Å². The van der Waals surface area contributed by atoms with Crippen molar-refractivity contribution in [3.63, 3.8) is 0 Å². The van der Waals surface area contributed by atoms with Gasteiger partial charge in [-0.3, -0.25) is 4.79 Å². The summed E-state index contributed by atoms with van der Waals surface area (Å²) in [5, 5.41) is 14.1. The highest BCUT2D eigenvalue weighted by molar-refractivity contribution is 6.30. The van der Waals surface area contributed by atoms with Crippen molar-refractivity contribution < 1.29 is 13.6 Å². The molecular formula is C15H10ClF2N5O. The van der Waals surface area contributed by atoms with E-state index >= 15 is 0 Å². The van der Waals surface area contributed by atoms with E-state index in [4.69, 9.17) is 11.6 Å². The quantitative estimate of drug-likeness (QED) is 0.785. The van der Waals surface area contributed by atoms with Crippen LogP contribution in [0.4, 0.5) is 8.78 Å². The summed E-state index contributed by atoms with van der Waals surface area (Å²) < 4.78 is 28.6. The van der Waals surface area contributed by atoms with Crippen LogP contribution in [0.1, 0.15) is 16.2 Å². The van der Waals surface area contributed by atoms with E-state index in [1.165, 1.54) is 10.7 Å². The summed E-state index contributed by atoms with van der Waals surface area (Å²) in [5.41, 5.74) is -0.0197. The Hall–Kier alpha value is -2.87. The molecule has 0 spiro atoms. The van der Waals surface area contributed by atoms with Crippen LogP contribution in [0.5, 0.6) is 0 Å². The van der Waals surface area contributed by atoms with Gasteiger partial charge >= 0.3 is 0 Å². The number of amides is 1. The van der Waals surface area contributed by atoms with Gasteiger partial charge in [-0.1, -0.05) is 17.7 Å². The minimum atomic E-state index is -0.940. The number of rotatable bonds is 4. The molecule has 1 N–H and O–H groups in total. The fraction of sp³-hybridized carbons (Fsp3) is 0.0667. The van der Waals surface area contributed by atoms with E-state index in [2.05, 4.69) is 20.8 Å². The number of tetrazole rings is 1. The van der Waals surface area contributed by atoms with E-state index in [1.807, 2.05) is 0 Å². The van der Waals surface area contributed by atoms with E-state index in [0.717, 1.165) is 12.1 Å². The van der Waals surface area contributed by atoms with Gasteiger partial charge in [0.05, 0.1) is 12.2 Å². The lowest BCUT2D eigenvalue weighted by molar-refractivity contribution is 0.0941. The maximum Gasteiger partial charge on any atom is 0.257 e. The summed E-state index contributed by atoms with van der Waals surface area (Å²) in [6, 6.07) is 9.92. The van der Waals surface area contributed by atoms with Gasteiger partial charge in [0.25, 0.3) is 5.91 Å². The molecule has 3 aromatic rings. The van der Waals surface area contributed by atoms with Gasteiger partial charge in [-0.05, 0) is 46.8 Å². The Morgan fingerprint density at radius 1 is 1.12 bits per heavy atom. The highest BCUT2D eigenvalue weighted by atomic mass is 35.5. The third-order valence-electron chi connectivity index (χ3n) is 3.20. The molecule has 3 rings (SSSR count). The number of carbonyl (C=O) groups excluding carboxylic acids is 1. The Morgan fingerprint density at radius 2 is 1.79 bits per heavy atom. The van der Waals surface area contributed by atoms with Crippen molar-refractivity contribution in [3.8, 4) is 5.69 Å². The standard InChI is InChI=1S/C15H10ClF2N5O/c16-9-4-6-10(7-5-9)23-13(20-21-22-23)8-19-15(24)14-11(17)2-1-3-12(14)18/h1-7H,8H2,(H,19,24). The molecule has 0 unspecified atom stereocenters. The predicted molar refractivity (Wildman–Crippen MR) is 81.7 cm³/mol. The molecule has 0 fully saturated rings.